The van der Waals surface area contributed by atoms with Gasteiger partial charge in [-0.3, -0.25) is 4.79 Å². The Morgan fingerprint density at radius 2 is 1.91 bits per heavy atom. The number of alkyl halides is 3. The van der Waals surface area contributed by atoms with Crippen molar-refractivity contribution in [1.82, 2.24) is 14.6 Å². The van der Waals surface area contributed by atoms with E-state index < -0.39 is 17.8 Å². The van der Waals surface area contributed by atoms with Gasteiger partial charge in [-0.15, -0.1) is 11.3 Å². The van der Waals surface area contributed by atoms with Gasteiger partial charge in [-0.05, 0) is 49.4 Å². The van der Waals surface area contributed by atoms with Gasteiger partial charge in [0.2, 0.25) is 0 Å². The summed E-state index contributed by atoms with van der Waals surface area (Å²) >= 11 is 7.21. The lowest BCUT2D eigenvalue weighted by atomic mass is 9.96. The zero-order chi connectivity index (χ0) is 24.0. The van der Waals surface area contributed by atoms with Crippen molar-refractivity contribution in [2.75, 3.05) is 5.32 Å². The fourth-order valence-corrected chi connectivity index (χ4v) is 5.36. The second kappa shape index (κ2) is 8.42. The molecular formula is C23H15ClF3N5OS. The average molecular weight is 502 g/mol. The molecule has 1 amide bonds. The number of benzene rings is 1. The first-order chi connectivity index (χ1) is 16.2. The van der Waals surface area contributed by atoms with Crippen molar-refractivity contribution in [2.45, 2.75) is 31.9 Å². The normalized spacial score (nSPS) is 13.5. The lowest BCUT2D eigenvalue weighted by Gasteiger charge is -2.11. The quantitative estimate of drug-likeness (QED) is 0.366. The third-order valence-corrected chi connectivity index (χ3v) is 7.06. The predicted molar refractivity (Wildman–Crippen MR) is 122 cm³/mol. The van der Waals surface area contributed by atoms with Crippen LogP contribution in [0.25, 0.3) is 16.9 Å². The van der Waals surface area contributed by atoms with Gasteiger partial charge in [-0.2, -0.15) is 23.5 Å². The number of nitrogens with zero attached hydrogens (tertiary/aromatic N) is 4. The van der Waals surface area contributed by atoms with Crippen LogP contribution >= 0.6 is 22.9 Å². The van der Waals surface area contributed by atoms with Gasteiger partial charge in [0.15, 0.2) is 17.0 Å². The fraction of sp³-hybridized carbons (Fsp3) is 0.217. The number of amides is 1. The first-order valence-electron chi connectivity index (χ1n) is 10.3. The smallest absolute Gasteiger partial charge is 0.311 e. The molecule has 0 saturated carbocycles. The van der Waals surface area contributed by atoms with E-state index in [1.807, 2.05) is 0 Å². The van der Waals surface area contributed by atoms with Crippen LogP contribution in [0.5, 0.6) is 0 Å². The van der Waals surface area contributed by atoms with Crippen molar-refractivity contribution in [3.8, 4) is 17.3 Å². The number of rotatable bonds is 3. The number of anilines is 1. The SMILES string of the molecule is N#Cc1c(NC(=O)c2cc3nc(-c4ccc(Cl)cc4)cc(C(F)(F)F)n3n2)sc2c1CCCC2. The van der Waals surface area contributed by atoms with Gasteiger partial charge in [0.25, 0.3) is 5.91 Å². The van der Waals surface area contributed by atoms with E-state index in [1.54, 1.807) is 24.3 Å². The van der Waals surface area contributed by atoms with E-state index in [1.165, 1.54) is 17.4 Å². The summed E-state index contributed by atoms with van der Waals surface area (Å²) in [5.41, 5.74) is 0.435. The number of hydrogen-bond donors (Lipinski definition) is 1. The largest absolute Gasteiger partial charge is 0.433 e. The standard InChI is InChI=1S/C23H15ClF3N5OS/c24-13-7-5-12(6-8-13)16-9-19(23(25,26)27)32-20(29-16)10-17(31-32)21(33)30-22-15(11-28)14-3-1-2-4-18(14)34-22/h5-10H,1-4H2,(H,30,33). The molecule has 11 heteroatoms. The van der Waals surface area contributed by atoms with Gasteiger partial charge in [0.1, 0.15) is 11.1 Å². The summed E-state index contributed by atoms with van der Waals surface area (Å²) in [5, 5.41) is 17.0. The number of aromatic nitrogens is 3. The van der Waals surface area contributed by atoms with E-state index in [4.69, 9.17) is 11.6 Å². The minimum atomic E-state index is -4.73. The molecule has 0 bridgehead atoms. The van der Waals surface area contributed by atoms with Crippen molar-refractivity contribution in [3.05, 3.63) is 68.8 Å². The highest BCUT2D eigenvalue weighted by molar-refractivity contribution is 7.16. The zero-order valence-electron chi connectivity index (χ0n) is 17.4. The Morgan fingerprint density at radius 3 is 2.62 bits per heavy atom. The molecule has 34 heavy (non-hydrogen) atoms. The van der Waals surface area contributed by atoms with Crippen molar-refractivity contribution in [1.29, 1.82) is 5.26 Å². The molecule has 1 aromatic carbocycles. The molecule has 0 aliphatic heterocycles. The lowest BCUT2D eigenvalue weighted by Crippen LogP contribution is -2.15. The molecule has 1 aliphatic carbocycles. The maximum absolute atomic E-state index is 13.8. The summed E-state index contributed by atoms with van der Waals surface area (Å²) in [6.07, 6.45) is -1.14. The number of aryl methyl sites for hydroxylation is 1. The number of nitriles is 1. The number of thiophene rings is 1. The van der Waals surface area contributed by atoms with Crippen molar-refractivity contribution >= 4 is 39.5 Å². The highest BCUT2D eigenvalue weighted by atomic mass is 35.5. The molecule has 0 radical (unpaired) electrons. The van der Waals surface area contributed by atoms with Crippen LogP contribution in [0.3, 0.4) is 0 Å². The minimum Gasteiger partial charge on any atom is -0.311 e. The van der Waals surface area contributed by atoms with E-state index in [2.05, 4.69) is 21.5 Å². The van der Waals surface area contributed by atoms with E-state index in [9.17, 15) is 23.2 Å². The third-order valence-electron chi connectivity index (χ3n) is 5.60. The number of fused-ring (bicyclic) bond motifs is 2. The molecule has 0 atom stereocenters. The van der Waals surface area contributed by atoms with Crippen LogP contribution in [0.2, 0.25) is 5.02 Å². The Balaban J connectivity index is 1.55. The summed E-state index contributed by atoms with van der Waals surface area (Å²) in [7, 11) is 0. The summed E-state index contributed by atoms with van der Waals surface area (Å²) in [4.78, 5) is 18.2. The van der Waals surface area contributed by atoms with Crippen molar-refractivity contribution < 1.29 is 18.0 Å². The van der Waals surface area contributed by atoms with Crippen molar-refractivity contribution in [3.63, 3.8) is 0 Å². The summed E-state index contributed by atoms with van der Waals surface area (Å²) in [6.45, 7) is 0. The van der Waals surface area contributed by atoms with Crippen LogP contribution in [-0.4, -0.2) is 20.5 Å². The maximum Gasteiger partial charge on any atom is 0.433 e. The second-order valence-electron chi connectivity index (χ2n) is 7.81. The molecule has 4 aromatic rings. The Labute approximate surface area is 200 Å². The first kappa shape index (κ1) is 22.4. The molecule has 0 unspecified atom stereocenters. The van der Waals surface area contributed by atoms with Gasteiger partial charge in [0.05, 0.1) is 11.3 Å². The highest BCUT2D eigenvalue weighted by Crippen LogP contribution is 2.38. The Bertz CT molecular complexity index is 1470. The Hall–Kier alpha value is -3.42. The Kier molecular flexibility index (Phi) is 5.54. The average Bonchev–Trinajstić information content (AvgIpc) is 3.39. The lowest BCUT2D eigenvalue weighted by molar-refractivity contribution is -0.142. The molecule has 5 rings (SSSR count). The first-order valence-corrected chi connectivity index (χ1v) is 11.5. The van der Waals surface area contributed by atoms with Gasteiger partial charge < -0.3 is 5.32 Å². The second-order valence-corrected chi connectivity index (χ2v) is 9.35. The topological polar surface area (TPSA) is 83.1 Å². The molecule has 3 aromatic heterocycles. The van der Waals surface area contributed by atoms with Crippen LogP contribution in [0.4, 0.5) is 18.2 Å². The van der Waals surface area contributed by atoms with Crippen molar-refractivity contribution in [2.24, 2.45) is 0 Å². The van der Waals surface area contributed by atoms with Crippen LogP contribution in [0.15, 0.2) is 36.4 Å². The Morgan fingerprint density at radius 1 is 1.18 bits per heavy atom. The number of nitrogens with one attached hydrogen (secondary N) is 1. The molecular weight excluding hydrogens is 487 g/mol. The predicted octanol–water partition coefficient (Wildman–Crippen LogP) is 6.13. The van der Waals surface area contributed by atoms with Gasteiger partial charge in [0, 0.05) is 21.5 Å². The summed E-state index contributed by atoms with van der Waals surface area (Å²) < 4.78 is 42.1. The number of carbonyl (C=O) groups is 1. The van der Waals surface area contributed by atoms with E-state index >= 15 is 0 Å². The number of halogens is 4. The van der Waals surface area contributed by atoms with Gasteiger partial charge in [-0.1, -0.05) is 23.7 Å². The van der Waals surface area contributed by atoms with Crippen LogP contribution in [-0.2, 0) is 19.0 Å². The summed E-state index contributed by atoms with van der Waals surface area (Å²) in [5.74, 6) is -0.707. The number of carbonyl (C=O) groups excluding carboxylic acids is 1. The van der Waals surface area contributed by atoms with Crippen LogP contribution < -0.4 is 5.32 Å². The molecule has 3 heterocycles. The monoisotopic (exact) mass is 501 g/mol. The van der Waals surface area contributed by atoms with Gasteiger partial charge in [-0.25, -0.2) is 9.50 Å². The molecule has 0 fully saturated rings. The van der Waals surface area contributed by atoms with E-state index in [0.717, 1.165) is 42.2 Å². The molecule has 1 aliphatic rings. The van der Waals surface area contributed by atoms with E-state index in [-0.39, 0.29) is 17.0 Å². The third kappa shape index (κ3) is 4.02. The molecule has 0 saturated heterocycles. The zero-order valence-corrected chi connectivity index (χ0v) is 19.0. The maximum atomic E-state index is 13.8. The molecule has 172 valence electrons. The fourth-order valence-electron chi connectivity index (χ4n) is 4.00. The minimum absolute atomic E-state index is 0.0704. The summed E-state index contributed by atoms with van der Waals surface area (Å²) in [6, 6.07) is 10.5. The molecule has 1 N–H and O–H groups in total. The molecule has 0 spiro atoms. The van der Waals surface area contributed by atoms with Crippen LogP contribution in [0, 0.1) is 11.3 Å². The van der Waals surface area contributed by atoms with E-state index in [0.29, 0.717) is 25.7 Å². The highest BCUT2D eigenvalue weighted by Gasteiger charge is 2.36. The van der Waals surface area contributed by atoms with Crippen LogP contribution in [0.1, 0.15) is 45.0 Å². The number of hydrogen-bond acceptors (Lipinski definition) is 5. The molecule has 6 nitrogen and oxygen atoms in total. The van der Waals surface area contributed by atoms with Gasteiger partial charge >= 0.3 is 6.18 Å².